The van der Waals surface area contributed by atoms with E-state index in [4.69, 9.17) is 5.84 Å². The first-order valence-corrected chi connectivity index (χ1v) is 5.96. The molecule has 0 aliphatic heterocycles. The molecule has 0 fully saturated rings. The van der Waals surface area contributed by atoms with Gasteiger partial charge >= 0.3 is 0 Å². The van der Waals surface area contributed by atoms with Gasteiger partial charge in [0.25, 0.3) is 0 Å². The molecular formula is C10H18BrN5O. The molecule has 5 N–H and O–H groups in total. The zero-order valence-corrected chi connectivity index (χ0v) is 12.0. The molecule has 96 valence electrons. The lowest BCUT2D eigenvalue weighted by molar-refractivity contribution is 0.0238. The fraction of sp³-hybridized carbons (Fsp3) is 0.600. The summed E-state index contributed by atoms with van der Waals surface area (Å²) >= 11 is 3.35. The van der Waals surface area contributed by atoms with Crippen LogP contribution in [0.1, 0.15) is 27.7 Å². The van der Waals surface area contributed by atoms with Crippen molar-refractivity contribution in [3.63, 3.8) is 0 Å². The Balaban J connectivity index is 3.04. The Labute approximate surface area is 109 Å². The molecule has 1 aromatic heterocycles. The number of aromatic nitrogens is 2. The summed E-state index contributed by atoms with van der Waals surface area (Å²) < 4.78 is 0.625. The lowest BCUT2D eigenvalue weighted by Gasteiger charge is -2.38. The third-order valence-corrected chi connectivity index (χ3v) is 3.64. The van der Waals surface area contributed by atoms with Gasteiger partial charge < -0.3 is 15.8 Å². The van der Waals surface area contributed by atoms with Crippen LogP contribution in [0.3, 0.4) is 0 Å². The predicted octanol–water partition coefficient (Wildman–Crippen LogP) is 1.49. The fourth-order valence-electron chi connectivity index (χ4n) is 1.01. The Bertz CT molecular complexity index is 402. The van der Waals surface area contributed by atoms with Crippen LogP contribution in [0.4, 0.5) is 11.6 Å². The number of anilines is 2. The van der Waals surface area contributed by atoms with Crippen molar-refractivity contribution in [2.24, 2.45) is 5.84 Å². The highest BCUT2D eigenvalue weighted by molar-refractivity contribution is 9.10. The second-order valence-corrected chi connectivity index (χ2v) is 5.63. The highest BCUT2D eigenvalue weighted by Gasteiger charge is 2.35. The van der Waals surface area contributed by atoms with Gasteiger partial charge in [0.1, 0.15) is 16.6 Å². The van der Waals surface area contributed by atoms with Gasteiger partial charge in [-0.1, -0.05) is 0 Å². The summed E-state index contributed by atoms with van der Waals surface area (Å²) in [5, 5.41) is 13.2. The summed E-state index contributed by atoms with van der Waals surface area (Å²) in [4.78, 5) is 8.06. The van der Waals surface area contributed by atoms with Crippen molar-refractivity contribution < 1.29 is 5.11 Å². The molecule has 0 saturated carbocycles. The van der Waals surface area contributed by atoms with Gasteiger partial charge in [-0.15, -0.1) is 0 Å². The number of hydrogen-bond donors (Lipinski definition) is 4. The van der Waals surface area contributed by atoms with Crippen LogP contribution in [-0.4, -0.2) is 26.2 Å². The van der Waals surface area contributed by atoms with Gasteiger partial charge in [0, 0.05) is 0 Å². The third kappa shape index (κ3) is 3.05. The fourth-order valence-corrected chi connectivity index (χ4v) is 1.42. The Hall–Kier alpha value is -0.920. The lowest BCUT2D eigenvalue weighted by Crippen LogP contribution is -2.51. The first kappa shape index (κ1) is 14.1. The number of hydrazine groups is 1. The van der Waals surface area contributed by atoms with Crippen molar-refractivity contribution in [3.05, 3.63) is 10.8 Å². The largest absolute Gasteiger partial charge is 0.388 e. The van der Waals surface area contributed by atoms with Gasteiger partial charge in [-0.25, -0.2) is 15.8 Å². The number of halogens is 1. The highest BCUT2D eigenvalue weighted by atomic mass is 79.9. The summed E-state index contributed by atoms with van der Waals surface area (Å²) in [6.45, 7) is 7.24. The van der Waals surface area contributed by atoms with E-state index in [1.807, 2.05) is 13.8 Å². The molecule has 0 amide bonds. The van der Waals surface area contributed by atoms with Crippen LogP contribution in [0.15, 0.2) is 10.8 Å². The summed E-state index contributed by atoms with van der Waals surface area (Å²) in [6.07, 6.45) is 1.39. The van der Waals surface area contributed by atoms with E-state index in [1.54, 1.807) is 13.8 Å². The molecule has 0 bridgehead atoms. The summed E-state index contributed by atoms with van der Waals surface area (Å²) in [6, 6.07) is 0. The quantitative estimate of drug-likeness (QED) is 0.497. The normalized spacial score (nSPS) is 12.4. The molecule has 6 nitrogen and oxygen atoms in total. The average Bonchev–Trinajstić information content (AvgIpc) is 2.19. The third-order valence-electron chi connectivity index (χ3n) is 2.89. The molecule has 0 aliphatic rings. The smallest absolute Gasteiger partial charge is 0.159 e. The summed E-state index contributed by atoms with van der Waals surface area (Å²) in [5.41, 5.74) is 0.991. The maximum absolute atomic E-state index is 10.1. The topological polar surface area (TPSA) is 96.1 Å². The van der Waals surface area contributed by atoms with Crippen molar-refractivity contribution in [1.82, 2.24) is 9.97 Å². The van der Waals surface area contributed by atoms with E-state index in [0.29, 0.717) is 16.1 Å². The van der Waals surface area contributed by atoms with Crippen molar-refractivity contribution in [2.75, 3.05) is 10.7 Å². The summed E-state index contributed by atoms with van der Waals surface area (Å²) in [5.74, 6) is 6.37. The van der Waals surface area contributed by atoms with Crippen LogP contribution in [0.5, 0.6) is 0 Å². The second kappa shape index (κ2) is 4.75. The summed E-state index contributed by atoms with van der Waals surface area (Å²) in [7, 11) is 0. The zero-order chi connectivity index (χ0) is 13.3. The molecule has 1 heterocycles. The number of aliphatic hydroxyl groups is 1. The first-order valence-electron chi connectivity index (χ1n) is 5.16. The van der Waals surface area contributed by atoms with Gasteiger partial charge in [0.2, 0.25) is 0 Å². The predicted molar refractivity (Wildman–Crippen MR) is 71.5 cm³/mol. The van der Waals surface area contributed by atoms with E-state index in [9.17, 15) is 5.11 Å². The van der Waals surface area contributed by atoms with Crippen LogP contribution < -0.4 is 16.6 Å². The van der Waals surface area contributed by atoms with Gasteiger partial charge in [-0.3, -0.25) is 0 Å². The second-order valence-electron chi connectivity index (χ2n) is 4.84. The molecule has 0 aromatic carbocycles. The number of nitrogen functional groups attached to an aromatic ring is 1. The van der Waals surface area contributed by atoms with Crippen LogP contribution in [0.2, 0.25) is 0 Å². The molecule has 1 aromatic rings. The van der Waals surface area contributed by atoms with Crippen molar-refractivity contribution >= 4 is 27.6 Å². The Morgan fingerprint density at radius 2 is 1.76 bits per heavy atom. The van der Waals surface area contributed by atoms with Gasteiger partial charge in [0.05, 0.1) is 11.1 Å². The van der Waals surface area contributed by atoms with E-state index < -0.39 is 11.1 Å². The Morgan fingerprint density at radius 1 is 1.24 bits per heavy atom. The first-order chi connectivity index (χ1) is 7.69. The number of nitrogens with two attached hydrogens (primary N) is 1. The van der Waals surface area contributed by atoms with Gasteiger partial charge in [-0.05, 0) is 43.6 Å². The standard InChI is InChI=1S/C10H18BrN5O/c1-9(2,10(3,4)17)15-7-6(11)8(16-12)14-5-13-7/h5,17H,12H2,1-4H3,(H2,13,14,15,16). The molecule has 1 rings (SSSR count). The van der Waals surface area contributed by atoms with E-state index in [-0.39, 0.29) is 0 Å². The molecule has 0 radical (unpaired) electrons. The maximum Gasteiger partial charge on any atom is 0.159 e. The number of nitrogens with zero attached hydrogens (tertiary/aromatic N) is 2. The van der Waals surface area contributed by atoms with Crippen LogP contribution in [0.25, 0.3) is 0 Å². The minimum absolute atomic E-state index is 0.481. The average molecular weight is 304 g/mol. The van der Waals surface area contributed by atoms with Gasteiger partial charge in [0.15, 0.2) is 5.82 Å². The Morgan fingerprint density at radius 3 is 2.24 bits per heavy atom. The minimum atomic E-state index is -0.909. The van der Waals surface area contributed by atoms with Crippen LogP contribution >= 0.6 is 15.9 Å². The van der Waals surface area contributed by atoms with E-state index in [2.05, 4.69) is 36.6 Å². The van der Waals surface area contributed by atoms with Crippen LogP contribution in [0, 0.1) is 0 Å². The molecular weight excluding hydrogens is 286 g/mol. The monoisotopic (exact) mass is 303 g/mol. The molecule has 0 spiro atoms. The lowest BCUT2D eigenvalue weighted by atomic mass is 9.86. The number of nitrogens with one attached hydrogen (secondary N) is 2. The Kier molecular flexibility index (Phi) is 3.95. The van der Waals surface area contributed by atoms with Crippen molar-refractivity contribution in [1.29, 1.82) is 0 Å². The number of rotatable bonds is 4. The van der Waals surface area contributed by atoms with E-state index in [1.165, 1.54) is 6.33 Å². The minimum Gasteiger partial charge on any atom is -0.388 e. The van der Waals surface area contributed by atoms with E-state index >= 15 is 0 Å². The zero-order valence-electron chi connectivity index (χ0n) is 10.4. The van der Waals surface area contributed by atoms with Gasteiger partial charge in [-0.2, -0.15) is 0 Å². The molecule has 0 aliphatic carbocycles. The van der Waals surface area contributed by atoms with E-state index in [0.717, 1.165) is 0 Å². The maximum atomic E-state index is 10.1. The number of hydrogen-bond acceptors (Lipinski definition) is 6. The molecule has 0 unspecified atom stereocenters. The molecule has 0 saturated heterocycles. The van der Waals surface area contributed by atoms with Crippen LogP contribution in [-0.2, 0) is 0 Å². The molecule has 0 atom stereocenters. The molecule has 7 heteroatoms. The van der Waals surface area contributed by atoms with Crippen molar-refractivity contribution in [3.8, 4) is 0 Å². The highest BCUT2D eigenvalue weighted by Crippen LogP contribution is 2.31. The van der Waals surface area contributed by atoms with Crippen molar-refractivity contribution in [2.45, 2.75) is 38.8 Å². The molecule has 17 heavy (non-hydrogen) atoms. The SMILES string of the molecule is CC(C)(O)C(C)(C)Nc1ncnc(NN)c1Br.